The molecule has 0 aliphatic carbocycles. The van der Waals surface area contributed by atoms with Crippen molar-refractivity contribution in [2.24, 2.45) is 5.92 Å². The summed E-state index contributed by atoms with van der Waals surface area (Å²) in [6.07, 6.45) is 2.27. The summed E-state index contributed by atoms with van der Waals surface area (Å²) in [6, 6.07) is 1.95. The Morgan fingerprint density at radius 1 is 1.47 bits per heavy atom. The van der Waals surface area contributed by atoms with Gasteiger partial charge >= 0.3 is 0 Å². The van der Waals surface area contributed by atoms with E-state index < -0.39 is 0 Å². The number of aliphatic hydroxyl groups is 1. The topological polar surface area (TPSA) is 45.4 Å². The molecule has 0 saturated heterocycles. The van der Waals surface area contributed by atoms with E-state index >= 15 is 0 Å². The number of aliphatic hydroxyl groups excluding tert-OH is 1. The minimum Gasteiger partial charge on any atom is -0.468 e. The van der Waals surface area contributed by atoms with Crippen molar-refractivity contribution in [1.29, 1.82) is 0 Å². The molecule has 1 aromatic heterocycles. The van der Waals surface area contributed by atoms with Crippen LogP contribution in [0.3, 0.4) is 0 Å². The van der Waals surface area contributed by atoms with E-state index in [1.54, 1.807) is 6.26 Å². The maximum atomic E-state index is 9.62. The highest BCUT2D eigenvalue weighted by molar-refractivity contribution is 5.13. The first-order valence-electron chi connectivity index (χ1n) is 5.51. The van der Waals surface area contributed by atoms with Crippen molar-refractivity contribution >= 4 is 0 Å². The fourth-order valence-corrected chi connectivity index (χ4v) is 1.56. The van der Waals surface area contributed by atoms with E-state index in [-0.39, 0.29) is 6.10 Å². The minimum atomic E-state index is -0.264. The van der Waals surface area contributed by atoms with Gasteiger partial charge in [0.1, 0.15) is 5.76 Å². The summed E-state index contributed by atoms with van der Waals surface area (Å²) < 4.78 is 5.28. The molecule has 0 radical (unpaired) electrons. The number of aryl methyl sites for hydroxylation is 1. The van der Waals surface area contributed by atoms with E-state index in [2.05, 4.69) is 19.2 Å². The molecule has 15 heavy (non-hydrogen) atoms. The molecular weight excluding hydrogens is 190 g/mol. The van der Waals surface area contributed by atoms with Gasteiger partial charge in [-0.3, -0.25) is 0 Å². The molecule has 0 aliphatic heterocycles. The van der Waals surface area contributed by atoms with E-state index in [0.29, 0.717) is 19.0 Å². The lowest BCUT2D eigenvalue weighted by Gasteiger charge is -2.13. The second-order valence-electron chi connectivity index (χ2n) is 4.44. The van der Waals surface area contributed by atoms with Gasteiger partial charge in [-0.25, -0.2) is 0 Å². The summed E-state index contributed by atoms with van der Waals surface area (Å²) in [5.74, 6) is 1.49. The second kappa shape index (κ2) is 5.93. The van der Waals surface area contributed by atoms with Gasteiger partial charge in [-0.05, 0) is 30.9 Å². The molecule has 3 nitrogen and oxygen atoms in total. The van der Waals surface area contributed by atoms with Crippen LogP contribution in [0.4, 0.5) is 0 Å². The predicted molar refractivity (Wildman–Crippen MR) is 60.6 cm³/mol. The number of furan rings is 1. The molecule has 0 bridgehead atoms. The van der Waals surface area contributed by atoms with Crippen LogP contribution in [0, 0.1) is 12.8 Å². The summed E-state index contributed by atoms with van der Waals surface area (Å²) in [5.41, 5.74) is 1.15. The molecule has 0 amide bonds. The fourth-order valence-electron chi connectivity index (χ4n) is 1.56. The van der Waals surface area contributed by atoms with E-state index in [1.807, 2.05) is 13.0 Å². The number of hydrogen-bond acceptors (Lipinski definition) is 3. The van der Waals surface area contributed by atoms with Gasteiger partial charge in [0.15, 0.2) is 0 Å². The molecular formula is C12H21NO2. The Kier molecular flexibility index (Phi) is 4.85. The highest BCUT2D eigenvalue weighted by atomic mass is 16.3. The van der Waals surface area contributed by atoms with Gasteiger partial charge in [0, 0.05) is 6.54 Å². The normalized spacial score (nSPS) is 13.4. The Labute approximate surface area is 91.5 Å². The highest BCUT2D eigenvalue weighted by Gasteiger charge is 2.07. The first-order chi connectivity index (χ1) is 7.09. The Morgan fingerprint density at radius 2 is 2.20 bits per heavy atom. The first kappa shape index (κ1) is 12.3. The molecule has 86 valence electrons. The van der Waals surface area contributed by atoms with Gasteiger partial charge in [0.25, 0.3) is 0 Å². The van der Waals surface area contributed by atoms with Crippen LogP contribution in [0.25, 0.3) is 0 Å². The molecule has 3 heteroatoms. The third kappa shape index (κ3) is 4.49. The number of hydrogen-bond donors (Lipinski definition) is 2. The Hall–Kier alpha value is -0.800. The monoisotopic (exact) mass is 211 g/mol. The third-order valence-electron chi connectivity index (χ3n) is 2.38. The Balaban J connectivity index is 2.19. The zero-order valence-corrected chi connectivity index (χ0v) is 9.79. The zero-order chi connectivity index (χ0) is 11.3. The van der Waals surface area contributed by atoms with Gasteiger partial charge in [-0.1, -0.05) is 13.8 Å². The molecule has 1 aromatic rings. The molecule has 1 heterocycles. The van der Waals surface area contributed by atoms with Crippen LogP contribution in [0.15, 0.2) is 16.7 Å². The van der Waals surface area contributed by atoms with Crippen LogP contribution >= 0.6 is 0 Å². The van der Waals surface area contributed by atoms with Crippen LogP contribution in [-0.2, 0) is 6.54 Å². The first-order valence-corrected chi connectivity index (χ1v) is 5.51. The summed E-state index contributed by atoms with van der Waals surface area (Å²) in [5, 5.41) is 12.8. The predicted octanol–water partition coefficient (Wildman–Crippen LogP) is 2.08. The maximum Gasteiger partial charge on any atom is 0.120 e. The zero-order valence-electron chi connectivity index (χ0n) is 9.79. The van der Waals surface area contributed by atoms with Gasteiger partial charge in [0.05, 0.1) is 18.9 Å². The lowest BCUT2D eigenvalue weighted by molar-refractivity contribution is 0.145. The molecule has 0 aliphatic rings. The van der Waals surface area contributed by atoms with Crippen LogP contribution in [0.2, 0.25) is 0 Å². The third-order valence-corrected chi connectivity index (χ3v) is 2.38. The van der Waals surface area contributed by atoms with Crippen LogP contribution in [-0.4, -0.2) is 17.8 Å². The molecule has 0 aromatic carbocycles. The average Bonchev–Trinajstić information content (AvgIpc) is 2.50. The highest BCUT2D eigenvalue weighted by Crippen LogP contribution is 2.08. The van der Waals surface area contributed by atoms with E-state index in [1.165, 1.54) is 0 Å². The standard InChI is InChI=1S/C12H21NO2/c1-9(2)6-11(14)7-13-8-12-10(3)4-5-15-12/h4-5,9,11,13-14H,6-8H2,1-3H3. The lowest BCUT2D eigenvalue weighted by atomic mass is 10.1. The van der Waals surface area contributed by atoms with Crippen molar-refractivity contribution in [3.63, 3.8) is 0 Å². The van der Waals surface area contributed by atoms with Crippen LogP contribution in [0.1, 0.15) is 31.6 Å². The van der Waals surface area contributed by atoms with Gasteiger partial charge in [0.2, 0.25) is 0 Å². The van der Waals surface area contributed by atoms with Crippen molar-refractivity contribution in [3.8, 4) is 0 Å². The maximum absolute atomic E-state index is 9.62. The molecule has 0 saturated carbocycles. The molecule has 1 unspecified atom stereocenters. The number of nitrogens with one attached hydrogen (secondary N) is 1. The van der Waals surface area contributed by atoms with Crippen molar-refractivity contribution in [3.05, 3.63) is 23.7 Å². The van der Waals surface area contributed by atoms with Gasteiger partial charge in [-0.2, -0.15) is 0 Å². The van der Waals surface area contributed by atoms with Gasteiger partial charge in [-0.15, -0.1) is 0 Å². The van der Waals surface area contributed by atoms with Gasteiger partial charge < -0.3 is 14.8 Å². The van der Waals surface area contributed by atoms with E-state index in [0.717, 1.165) is 17.7 Å². The van der Waals surface area contributed by atoms with Crippen molar-refractivity contribution in [2.75, 3.05) is 6.54 Å². The average molecular weight is 211 g/mol. The molecule has 0 fully saturated rings. The van der Waals surface area contributed by atoms with Crippen LogP contribution in [0.5, 0.6) is 0 Å². The van der Waals surface area contributed by atoms with Crippen LogP contribution < -0.4 is 5.32 Å². The van der Waals surface area contributed by atoms with Crippen molar-refractivity contribution in [1.82, 2.24) is 5.32 Å². The fraction of sp³-hybridized carbons (Fsp3) is 0.667. The Morgan fingerprint density at radius 3 is 2.73 bits per heavy atom. The molecule has 0 spiro atoms. The minimum absolute atomic E-state index is 0.264. The lowest BCUT2D eigenvalue weighted by Crippen LogP contribution is -2.27. The molecule has 2 N–H and O–H groups in total. The summed E-state index contributed by atoms with van der Waals surface area (Å²) in [7, 11) is 0. The second-order valence-corrected chi connectivity index (χ2v) is 4.44. The van der Waals surface area contributed by atoms with Crippen molar-refractivity contribution in [2.45, 2.75) is 39.8 Å². The largest absolute Gasteiger partial charge is 0.468 e. The van der Waals surface area contributed by atoms with Crippen molar-refractivity contribution < 1.29 is 9.52 Å². The summed E-state index contributed by atoms with van der Waals surface area (Å²) >= 11 is 0. The number of rotatable bonds is 6. The quantitative estimate of drug-likeness (QED) is 0.757. The Bertz CT molecular complexity index is 281. The molecule has 1 atom stereocenters. The molecule has 1 rings (SSSR count). The SMILES string of the molecule is Cc1ccoc1CNCC(O)CC(C)C. The smallest absolute Gasteiger partial charge is 0.120 e. The summed E-state index contributed by atoms with van der Waals surface area (Å²) in [4.78, 5) is 0. The van der Waals surface area contributed by atoms with E-state index in [4.69, 9.17) is 4.42 Å². The summed E-state index contributed by atoms with van der Waals surface area (Å²) in [6.45, 7) is 7.55. The van der Waals surface area contributed by atoms with E-state index in [9.17, 15) is 5.11 Å².